The zero-order valence-electron chi connectivity index (χ0n) is 19.6. The van der Waals surface area contributed by atoms with E-state index in [4.69, 9.17) is 28.3 Å². The lowest BCUT2D eigenvalue weighted by Crippen LogP contribution is -2.50. The predicted molar refractivity (Wildman–Crippen MR) is 136 cm³/mol. The molecule has 1 saturated heterocycles. The molecule has 0 spiro atoms. The molecule has 0 saturated carbocycles. The first kappa shape index (κ1) is 27.3. The van der Waals surface area contributed by atoms with E-state index < -0.39 is 28.9 Å². The Balaban J connectivity index is 1.70. The summed E-state index contributed by atoms with van der Waals surface area (Å²) in [5, 5.41) is 28.3. The predicted octanol–water partition coefficient (Wildman–Crippen LogP) is 4.45. The number of carbonyl (C=O) groups excluding carboxylic acids is 2. The number of hydrogen-bond donors (Lipinski definition) is 5. The summed E-state index contributed by atoms with van der Waals surface area (Å²) >= 11 is 12.4. The molecule has 1 aliphatic rings. The molecule has 0 aliphatic carbocycles. The minimum atomic E-state index is -1.72. The largest absolute Gasteiger partial charge is 0.481 e. The topological polar surface area (TPSA) is 145 Å². The second kappa shape index (κ2) is 11.2. The highest BCUT2D eigenvalue weighted by molar-refractivity contribution is 6.39. The average Bonchev–Trinajstić information content (AvgIpc) is 3.20. The molecule has 1 aliphatic heterocycles. The van der Waals surface area contributed by atoms with Crippen molar-refractivity contribution < 1.29 is 29.4 Å². The Hall–Kier alpha value is -3.30. The number of carboxylic acids is 2. The number of rotatable bonds is 11. The number of carboxylic acid groups (broad SMARTS) is 2. The van der Waals surface area contributed by atoms with Gasteiger partial charge in [0, 0.05) is 30.5 Å². The zero-order valence-corrected chi connectivity index (χ0v) is 21.1. The fraction of sp³-hybridized carbons (Fsp3) is 0.360. The highest BCUT2D eigenvalue weighted by Crippen LogP contribution is 2.34. The van der Waals surface area contributed by atoms with E-state index in [1.807, 2.05) is 0 Å². The van der Waals surface area contributed by atoms with Gasteiger partial charge in [0.05, 0.1) is 15.7 Å². The Kier molecular flexibility index (Phi) is 8.47. The number of carbonyl (C=O) groups is 4. The first-order chi connectivity index (χ1) is 16.9. The van der Waals surface area contributed by atoms with Crippen LogP contribution in [0.15, 0.2) is 42.5 Å². The van der Waals surface area contributed by atoms with Crippen molar-refractivity contribution in [2.75, 3.05) is 5.32 Å². The first-order valence-electron chi connectivity index (χ1n) is 11.3. The highest BCUT2D eigenvalue weighted by atomic mass is 35.5. The summed E-state index contributed by atoms with van der Waals surface area (Å²) < 4.78 is 0. The zero-order chi connectivity index (χ0) is 26.5. The number of halogens is 2. The van der Waals surface area contributed by atoms with Gasteiger partial charge in [-0.05, 0) is 56.0 Å². The van der Waals surface area contributed by atoms with E-state index in [-0.39, 0.29) is 38.0 Å². The molecule has 0 radical (unpaired) electrons. The van der Waals surface area contributed by atoms with Gasteiger partial charge in [0.2, 0.25) is 11.8 Å². The molecular formula is C25H27Cl2N3O6. The molecule has 36 heavy (non-hydrogen) atoms. The van der Waals surface area contributed by atoms with Crippen molar-refractivity contribution in [1.82, 2.24) is 10.6 Å². The maximum absolute atomic E-state index is 12.8. The number of nitrogens with one attached hydrogen (secondary N) is 3. The second-order valence-electron chi connectivity index (χ2n) is 9.00. The second-order valence-corrected chi connectivity index (χ2v) is 9.81. The first-order valence-corrected chi connectivity index (χ1v) is 12.1. The summed E-state index contributed by atoms with van der Waals surface area (Å²) in [6.07, 6.45) is 0.860. The van der Waals surface area contributed by atoms with Crippen LogP contribution in [0.3, 0.4) is 0 Å². The van der Waals surface area contributed by atoms with Crippen molar-refractivity contribution >= 4 is 58.3 Å². The SMILES string of the molecule is C[C@@](NC(=O)CCC1(CCC(=O)O)CCC(=O)N1)(C(=O)O)c1ccc(Nc2c(Cl)cccc2Cl)cc1. The molecule has 2 amide bonds. The van der Waals surface area contributed by atoms with Crippen LogP contribution in [0.5, 0.6) is 0 Å². The minimum Gasteiger partial charge on any atom is -0.481 e. The van der Waals surface area contributed by atoms with Crippen LogP contribution in [0.2, 0.25) is 10.0 Å². The van der Waals surface area contributed by atoms with Gasteiger partial charge in [0.15, 0.2) is 5.54 Å². The van der Waals surface area contributed by atoms with E-state index >= 15 is 0 Å². The molecule has 0 aromatic heterocycles. The van der Waals surface area contributed by atoms with E-state index in [1.165, 1.54) is 6.92 Å². The third-order valence-electron chi connectivity index (χ3n) is 6.39. The lowest BCUT2D eigenvalue weighted by atomic mass is 9.86. The van der Waals surface area contributed by atoms with Gasteiger partial charge in [0.25, 0.3) is 0 Å². The van der Waals surface area contributed by atoms with Crippen LogP contribution in [0, 0.1) is 0 Å². The van der Waals surface area contributed by atoms with Crippen LogP contribution in [0.25, 0.3) is 0 Å². The molecule has 1 fully saturated rings. The third-order valence-corrected chi connectivity index (χ3v) is 7.02. The monoisotopic (exact) mass is 535 g/mol. The summed E-state index contributed by atoms with van der Waals surface area (Å²) in [5.74, 6) is -2.96. The van der Waals surface area contributed by atoms with Crippen LogP contribution >= 0.6 is 23.2 Å². The summed E-state index contributed by atoms with van der Waals surface area (Å²) in [6, 6.07) is 11.5. The molecule has 11 heteroatoms. The van der Waals surface area contributed by atoms with Crippen molar-refractivity contribution in [3.63, 3.8) is 0 Å². The van der Waals surface area contributed by atoms with Gasteiger partial charge in [-0.25, -0.2) is 4.79 Å². The normalized spacial score (nSPS) is 18.7. The van der Waals surface area contributed by atoms with Crippen LogP contribution in [0.4, 0.5) is 11.4 Å². The molecule has 9 nitrogen and oxygen atoms in total. The average molecular weight is 536 g/mol. The van der Waals surface area contributed by atoms with Crippen molar-refractivity contribution in [3.8, 4) is 0 Å². The fourth-order valence-corrected chi connectivity index (χ4v) is 4.70. The van der Waals surface area contributed by atoms with Crippen LogP contribution < -0.4 is 16.0 Å². The number of aliphatic carboxylic acids is 2. The van der Waals surface area contributed by atoms with E-state index in [0.717, 1.165) is 0 Å². The fourth-order valence-electron chi connectivity index (χ4n) is 4.21. The Bertz CT molecular complexity index is 1150. The van der Waals surface area contributed by atoms with Gasteiger partial charge in [-0.1, -0.05) is 41.4 Å². The number of anilines is 2. The van der Waals surface area contributed by atoms with Crippen LogP contribution in [-0.4, -0.2) is 39.5 Å². The molecule has 1 heterocycles. The van der Waals surface area contributed by atoms with Crippen molar-refractivity contribution in [2.24, 2.45) is 0 Å². The van der Waals surface area contributed by atoms with Gasteiger partial charge in [-0.2, -0.15) is 0 Å². The van der Waals surface area contributed by atoms with Crippen LogP contribution in [0.1, 0.15) is 51.0 Å². The molecule has 2 aromatic carbocycles. The summed E-state index contributed by atoms with van der Waals surface area (Å²) in [6.45, 7) is 1.39. The molecule has 192 valence electrons. The van der Waals surface area contributed by atoms with Gasteiger partial charge in [-0.15, -0.1) is 0 Å². The maximum Gasteiger partial charge on any atom is 0.333 e. The molecule has 1 unspecified atom stereocenters. The highest BCUT2D eigenvalue weighted by Gasteiger charge is 2.40. The lowest BCUT2D eigenvalue weighted by molar-refractivity contribution is -0.147. The summed E-state index contributed by atoms with van der Waals surface area (Å²) in [4.78, 5) is 47.8. The van der Waals surface area contributed by atoms with E-state index in [2.05, 4.69) is 16.0 Å². The maximum atomic E-state index is 12.8. The Morgan fingerprint density at radius 1 is 1.03 bits per heavy atom. The van der Waals surface area contributed by atoms with Gasteiger partial charge in [-0.3, -0.25) is 14.4 Å². The third kappa shape index (κ3) is 6.47. The standard InChI is InChI=1S/C25H27Cl2N3O6/c1-24(23(35)36,15-5-7-16(8-6-15)28-22-17(26)3-2-4-18(22)27)29-19(31)9-12-25(14-11-21(33)34)13-10-20(32)30-25/h2-8,28H,9-14H2,1H3,(H,29,31)(H,30,32)(H,33,34)(H,35,36)/t24-,25?/m0/s1. The summed E-state index contributed by atoms with van der Waals surface area (Å²) in [7, 11) is 0. The van der Waals surface area contributed by atoms with E-state index in [0.29, 0.717) is 33.4 Å². The minimum absolute atomic E-state index is 0.0760. The smallest absolute Gasteiger partial charge is 0.333 e. The van der Waals surface area contributed by atoms with Crippen molar-refractivity contribution in [3.05, 3.63) is 58.1 Å². The van der Waals surface area contributed by atoms with Crippen LogP contribution in [-0.2, 0) is 24.7 Å². The Labute approximate surface area is 218 Å². The number of hydrogen-bond acceptors (Lipinski definition) is 5. The van der Waals surface area contributed by atoms with Gasteiger partial charge in [0.1, 0.15) is 0 Å². The number of amides is 2. The van der Waals surface area contributed by atoms with E-state index in [1.54, 1.807) is 42.5 Å². The number of benzene rings is 2. The molecule has 3 rings (SSSR count). The van der Waals surface area contributed by atoms with Crippen molar-refractivity contribution in [1.29, 1.82) is 0 Å². The Morgan fingerprint density at radius 3 is 2.17 bits per heavy atom. The Morgan fingerprint density at radius 2 is 1.64 bits per heavy atom. The quantitative estimate of drug-likeness (QED) is 0.285. The summed E-state index contributed by atoms with van der Waals surface area (Å²) in [5.41, 5.74) is -1.04. The van der Waals surface area contributed by atoms with Crippen molar-refractivity contribution in [2.45, 2.75) is 56.5 Å². The molecule has 2 atom stereocenters. The number of para-hydroxylation sites is 1. The molecule has 5 N–H and O–H groups in total. The lowest BCUT2D eigenvalue weighted by Gasteiger charge is -2.30. The van der Waals surface area contributed by atoms with Gasteiger partial charge >= 0.3 is 11.9 Å². The molecule has 2 aromatic rings. The molecular weight excluding hydrogens is 509 g/mol. The molecule has 0 bridgehead atoms. The van der Waals surface area contributed by atoms with E-state index in [9.17, 15) is 24.3 Å². The van der Waals surface area contributed by atoms with Gasteiger partial charge < -0.3 is 26.2 Å².